The minimum absolute atomic E-state index is 0.108. The first kappa shape index (κ1) is 94.1. The normalized spacial score (nSPS) is 13.9. The number of hydrogen-bond acceptors (Lipinski definition) is 15. The SMILES string of the molecule is CCCCCCCCCCCCCCCCCCC(=O)OC[C@H](COP(=O)(O)OC[C@@H](O)COP(=O)(O)OC[C@@H](COC(=O)CCCCCCCCC)OC(=O)CCCCCCCCCCCCCCCC)OC(=O)CCCCCCCCCCCCCCCCCCC(C)C. The van der Waals surface area contributed by atoms with Gasteiger partial charge in [-0.1, -0.05) is 356 Å². The third-order valence-corrected chi connectivity index (χ3v) is 19.9. The fourth-order valence-corrected chi connectivity index (χ4v) is 13.5. The summed E-state index contributed by atoms with van der Waals surface area (Å²) in [5.74, 6) is -1.31. The molecule has 3 N–H and O–H groups in total. The third kappa shape index (κ3) is 70.5. The molecule has 0 aliphatic carbocycles. The highest BCUT2D eigenvalue weighted by atomic mass is 31.2. The number of unbranched alkanes of at least 4 members (excludes halogenated alkanes) is 49. The minimum atomic E-state index is -4.96. The topological polar surface area (TPSA) is 237 Å². The van der Waals surface area contributed by atoms with Gasteiger partial charge in [0.1, 0.15) is 19.3 Å². The Kier molecular flexibility index (Phi) is 68.7. The van der Waals surface area contributed by atoms with Crippen LogP contribution in [-0.2, 0) is 65.4 Å². The largest absolute Gasteiger partial charge is 0.472 e. The quantitative estimate of drug-likeness (QED) is 0.0222. The number of esters is 4. The Morgan fingerprint density at radius 3 is 0.708 bits per heavy atom. The molecule has 570 valence electrons. The number of aliphatic hydroxyl groups is 1. The van der Waals surface area contributed by atoms with Crippen LogP contribution in [0, 0.1) is 5.92 Å². The van der Waals surface area contributed by atoms with Crippen LogP contribution in [0.15, 0.2) is 0 Å². The van der Waals surface area contributed by atoms with Crippen LogP contribution in [0.3, 0.4) is 0 Å². The molecule has 0 amide bonds. The minimum Gasteiger partial charge on any atom is -0.462 e. The van der Waals surface area contributed by atoms with Gasteiger partial charge in [-0.15, -0.1) is 0 Å². The van der Waals surface area contributed by atoms with Gasteiger partial charge in [0.05, 0.1) is 26.4 Å². The van der Waals surface area contributed by atoms with Crippen molar-refractivity contribution in [2.45, 2.75) is 425 Å². The van der Waals surface area contributed by atoms with Crippen LogP contribution in [0.2, 0.25) is 0 Å². The molecule has 0 saturated heterocycles. The fraction of sp³-hybridized carbons (Fsp3) is 0.948. The molecule has 0 radical (unpaired) electrons. The average Bonchev–Trinajstić information content (AvgIpc) is 3.32. The van der Waals surface area contributed by atoms with Crippen molar-refractivity contribution in [1.82, 2.24) is 0 Å². The molecule has 0 aliphatic heterocycles. The average molecular weight is 1410 g/mol. The van der Waals surface area contributed by atoms with Crippen LogP contribution in [0.25, 0.3) is 0 Å². The van der Waals surface area contributed by atoms with Gasteiger partial charge in [0.15, 0.2) is 12.2 Å². The zero-order chi connectivity index (χ0) is 70.5. The number of aliphatic hydroxyl groups excluding tert-OH is 1. The number of phosphoric acid groups is 2. The van der Waals surface area contributed by atoms with Crippen molar-refractivity contribution < 1.29 is 80.2 Å². The second-order valence-corrected chi connectivity index (χ2v) is 31.1. The van der Waals surface area contributed by atoms with Crippen LogP contribution in [0.5, 0.6) is 0 Å². The molecular weight excluding hydrogens is 1260 g/mol. The lowest BCUT2D eigenvalue weighted by Gasteiger charge is -2.21. The van der Waals surface area contributed by atoms with Crippen LogP contribution < -0.4 is 0 Å². The number of rotatable bonds is 77. The van der Waals surface area contributed by atoms with Crippen molar-refractivity contribution in [2.24, 2.45) is 5.92 Å². The third-order valence-electron chi connectivity index (χ3n) is 18.0. The summed E-state index contributed by atoms with van der Waals surface area (Å²) in [6.07, 6.45) is 59.7. The fourth-order valence-electron chi connectivity index (χ4n) is 11.9. The van der Waals surface area contributed by atoms with Crippen molar-refractivity contribution in [1.29, 1.82) is 0 Å². The first-order valence-corrected chi connectivity index (χ1v) is 43.1. The van der Waals surface area contributed by atoms with Gasteiger partial charge in [0.25, 0.3) is 0 Å². The Hall–Kier alpha value is -1.94. The van der Waals surface area contributed by atoms with Gasteiger partial charge in [0.2, 0.25) is 0 Å². The van der Waals surface area contributed by atoms with E-state index in [1.165, 1.54) is 218 Å². The number of phosphoric ester groups is 2. The highest BCUT2D eigenvalue weighted by molar-refractivity contribution is 7.47. The molecule has 19 heteroatoms. The monoisotopic (exact) mass is 1410 g/mol. The molecule has 0 heterocycles. The lowest BCUT2D eigenvalue weighted by atomic mass is 10.0. The summed E-state index contributed by atoms with van der Waals surface area (Å²) in [4.78, 5) is 72.7. The zero-order valence-electron chi connectivity index (χ0n) is 62.5. The highest BCUT2D eigenvalue weighted by Crippen LogP contribution is 2.45. The standard InChI is InChI=1S/C77H150O17P2/c1-6-9-12-15-18-20-22-24-26-30-34-37-41-46-51-56-61-75(80)88-67-73(94-77(82)63-58-53-48-43-39-35-31-28-27-29-32-36-40-45-49-54-59-70(4)5)69-92-96(85,86)90-65-71(78)64-89-95(83,84)91-68-72(66-87-74(79)60-55-50-44-17-14-11-8-3)93-76(81)62-57-52-47-42-38-33-25-23-21-19-16-13-10-7-2/h70-73,78H,6-69H2,1-5H3,(H,83,84)(H,85,86)/t71-,72+,73+/m0/s1. The van der Waals surface area contributed by atoms with Crippen molar-refractivity contribution in [3.63, 3.8) is 0 Å². The van der Waals surface area contributed by atoms with E-state index >= 15 is 0 Å². The smallest absolute Gasteiger partial charge is 0.462 e. The van der Waals surface area contributed by atoms with Crippen LogP contribution in [0.4, 0.5) is 0 Å². The van der Waals surface area contributed by atoms with E-state index in [0.717, 1.165) is 109 Å². The van der Waals surface area contributed by atoms with Gasteiger partial charge in [-0.05, 0) is 31.6 Å². The summed E-state index contributed by atoms with van der Waals surface area (Å²) in [6, 6.07) is 0. The molecular formula is C77H150O17P2. The number of carbonyl (C=O) groups excluding carboxylic acids is 4. The van der Waals surface area contributed by atoms with Crippen LogP contribution >= 0.6 is 15.6 Å². The van der Waals surface area contributed by atoms with Crippen LogP contribution in [0.1, 0.15) is 407 Å². The van der Waals surface area contributed by atoms with E-state index in [4.69, 9.17) is 37.0 Å². The van der Waals surface area contributed by atoms with Gasteiger partial charge in [-0.2, -0.15) is 0 Å². The van der Waals surface area contributed by atoms with Gasteiger partial charge < -0.3 is 33.8 Å². The van der Waals surface area contributed by atoms with Crippen molar-refractivity contribution in [2.75, 3.05) is 39.6 Å². The van der Waals surface area contributed by atoms with E-state index in [1.807, 2.05) is 0 Å². The number of carbonyl (C=O) groups is 4. The number of hydrogen-bond donors (Lipinski definition) is 3. The lowest BCUT2D eigenvalue weighted by Crippen LogP contribution is -2.30. The summed E-state index contributed by atoms with van der Waals surface area (Å²) in [6.45, 7) is 7.30. The Morgan fingerprint density at radius 2 is 0.479 bits per heavy atom. The lowest BCUT2D eigenvalue weighted by molar-refractivity contribution is -0.161. The molecule has 0 aromatic carbocycles. The molecule has 17 nitrogen and oxygen atoms in total. The molecule has 0 fully saturated rings. The summed E-state index contributed by atoms with van der Waals surface area (Å²) in [5.41, 5.74) is 0. The second kappa shape index (κ2) is 70.1. The Labute approximate surface area is 588 Å². The molecule has 0 aliphatic rings. The first-order valence-electron chi connectivity index (χ1n) is 40.1. The number of ether oxygens (including phenoxy) is 4. The molecule has 0 bridgehead atoms. The van der Waals surface area contributed by atoms with E-state index in [9.17, 15) is 43.2 Å². The molecule has 0 rings (SSSR count). The van der Waals surface area contributed by atoms with Gasteiger partial charge in [-0.25, -0.2) is 9.13 Å². The molecule has 96 heavy (non-hydrogen) atoms. The molecule has 0 aromatic heterocycles. The second-order valence-electron chi connectivity index (χ2n) is 28.2. The summed E-state index contributed by atoms with van der Waals surface area (Å²) < 4.78 is 68.5. The van der Waals surface area contributed by atoms with E-state index in [2.05, 4.69) is 34.6 Å². The Balaban J connectivity index is 5.18. The maximum absolute atomic E-state index is 13.1. The molecule has 0 saturated carbocycles. The molecule has 0 spiro atoms. The highest BCUT2D eigenvalue weighted by Gasteiger charge is 2.30. The summed E-state index contributed by atoms with van der Waals surface area (Å²) in [7, 11) is -9.91. The van der Waals surface area contributed by atoms with Crippen molar-refractivity contribution in [3.8, 4) is 0 Å². The van der Waals surface area contributed by atoms with Gasteiger partial charge in [0, 0.05) is 25.7 Å². The van der Waals surface area contributed by atoms with E-state index < -0.39 is 97.5 Å². The van der Waals surface area contributed by atoms with Crippen molar-refractivity contribution in [3.05, 3.63) is 0 Å². The predicted octanol–water partition coefficient (Wildman–Crippen LogP) is 22.9. The van der Waals surface area contributed by atoms with Crippen molar-refractivity contribution >= 4 is 39.5 Å². The molecule has 0 aromatic rings. The first-order chi connectivity index (χ1) is 46.5. The zero-order valence-corrected chi connectivity index (χ0v) is 64.3. The predicted molar refractivity (Wildman–Crippen MR) is 391 cm³/mol. The van der Waals surface area contributed by atoms with Crippen LogP contribution in [-0.4, -0.2) is 96.7 Å². The maximum atomic E-state index is 13.1. The van der Waals surface area contributed by atoms with E-state index in [1.54, 1.807) is 0 Å². The van der Waals surface area contributed by atoms with Gasteiger partial charge >= 0.3 is 39.5 Å². The summed E-state index contributed by atoms with van der Waals surface area (Å²) >= 11 is 0. The Bertz CT molecular complexity index is 1840. The summed E-state index contributed by atoms with van der Waals surface area (Å²) in [5, 5.41) is 10.6. The van der Waals surface area contributed by atoms with Gasteiger partial charge in [-0.3, -0.25) is 37.3 Å². The Morgan fingerprint density at radius 1 is 0.281 bits per heavy atom. The maximum Gasteiger partial charge on any atom is 0.472 e. The van der Waals surface area contributed by atoms with E-state index in [-0.39, 0.29) is 25.7 Å². The molecule has 5 atom stereocenters. The molecule has 2 unspecified atom stereocenters. The van der Waals surface area contributed by atoms with E-state index in [0.29, 0.717) is 25.7 Å².